The Balaban J connectivity index is 0.997. The molecule has 0 saturated heterocycles. The average molecular weight is 787 g/mol. The Morgan fingerprint density at radius 1 is 0.426 bits per heavy atom. The highest BCUT2D eigenvalue weighted by molar-refractivity contribution is 5.94. The second-order valence-corrected chi connectivity index (χ2v) is 18.3. The van der Waals surface area contributed by atoms with Crippen LogP contribution in [-0.4, -0.2) is 14.0 Å². The largest absolute Gasteiger partial charge is 0.310 e. The van der Waals surface area contributed by atoms with Crippen LogP contribution in [0.2, 0.25) is 0 Å². The van der Waals surface area contributed by atoms with Gasteiger partial charge in [0.1, 0.15) is 0 Å². The van der Waals surface area contributed by atoms with Crippen LogP contribution in [0.15, 0.2) is 170 Å². The number of imidazole rings is 2. The molecular formula is C57H46N4. The fraction of sp³-hybridized carbons (Fsp3) is 0.140. The van der Waals surface area contributed by atoms with E-state index in [9.17, 15) is 0 Å². The molecule has 294 valence electrons. The number of nitrogens with zero attached hydrogens (tertiary/aromatic N) is 4. The normalized spacial score (nSPS) is 14.3. The van der Waals surface area contributed by atoms with Crippen LogP contribution in [0.4, 0.5) is 17.1 Å². The van der Waals surface area contributed by atoms with E-state index >= 15 is 0 Å². The van der Waals surface area contributed by atoms with E-state index in [4.69, 9.17) is 4.98 Å². The number of benzene rings is 8. The van der Waals surface area contributed by atoms with Gasteiger partial charge >= 0.3 is 0 Å². The highest BCUT2D eigenvalue weighted by Gasteiger charge is 2.38. The van der Waals surface area contributed by atoms with E-state index in [2.05, 4.69) is 225 Å². The molecule has 0 saturated carbocycles. The van der Waals surface area contributed by atoms with Crippen LogP contribution in [0.5, 0.6) is 0 Å². The lowest BCUT2D eigenvalue weighted by Crippen LogP contribution is -2.18. The molecule has 0 unspecified atom stereocenters. The summed E-state index contributed by atoms with van der Waals surface area (Å²) in [6.45, 7) is 13.8. The highest BCUT2D eigenvalue weighted by atomic mass is 15.2. The molecule has 4 heteroatoms. The topological polar surface area (TPSA) is 25.5 Å². The van der Waals surface area contributed by atoms with E-state index in [1.807, 2.05) is 0 Å². The summed E-state index contributed by atoms with van der Waals surface area (Å²) in [5.74, 6) is 0.936. The highest BCUT2D eigenvalue weighted by Crippen LogP contribution is 2.53. The van der Waals surface area contributed by atoms with Crippen molar-refractivity contribution in [1.29, 1.82) is 0 Å². The summed E-state index contributed by atoms with van der Waals surface area (Å²) >= 11 is 0. The molecule has 0 fully saturated rings. The minimum absolute atomic E-state index is 0.110. The lowest BCUT2D eigenvalue weighted by molar-refractivity contribution is 0.659. The van der Waals surface area contributed by atoms with Crippen molar-refractivity contribution < 1.29 is 0 Å². The third-order valence-electron chi connectivity index (χ3n) is 13.8. The van der Waals surface area contributed by atoms with Crippen LogP contribution in [0.3, 0.4) is 0 Å². The summed E-state index contributed by atoms with van der Waals surface area (Å²) in [6, 6.07) is 63.2. The van der Waals surface area contributed by atoms with Gasteiger partial charge in [0.15, 0.2) is 0 Å². The molecule has 0 bridgehead atoms. The van der Waals surface area contributed by atoms with E-state index in [0.717, 1.165) is 45.1 Å². The van der Waals surface area contributed by atoms with Crippen molar-refractivity contribution in [3.8, 4) is 39.1 Å². The molecule has 0 spiro atoms. The van der Waals surface area contributed by atoms with Gasteiger partial charge < -0.3 is 4.90 Å². The molecule has 61 heavy (non-hydrogen) atoms. The van der Waals surface area contributed by atoms with E-state index in [0.29, 0.717) is 0 Å². The van der Waals surface area contributed by atoms with Gasteiger partial charge in [-0.1, -0.05) is 125 Å². The number of aromatic nitrogens is 3. The number of aryl methyl sites for hydroxylation is 2. The maximum Gasteiger partial charge on any atom is 0.220 e. The van der Waals surface area contributed by atoms with Gasteiger partial charge in [-0.05, 0) is 153 Å². The van der Waals surface area contributed by atoms with Crippen molar-refractivity contribution in [3.05, 3.63) is 203 Å². The summed E-state index contributed by atoms with van der Waals surface area (Å²) < 4.78 is 4.69. The number of hydrogen-bond acceptors (Lipinski definition) is 2. The summed E-state index contributed by atoms with van der Waals surface area (Å²) in [5.41, 5.74) is 24.2. The second-order valence-electron chi connectivity index (χ2n) is 18.3. The maximum absolute atomic E-state index is 5.24. The summed E-state index contributed by atoms with van der Waals surface area (Å²) in [5, 5.41) is 0. The zero-order chi connectivity index (χ0) is 41.4. The predicted octanol–water partition coefficient (Wildman–Crippen LogP) is 14.8. The minimum Gasteiger partial charge on any atom is -0.310 e. The smallest absolute Gasteiger partial charge is 0.220 e. The van der Waals surface area contributed by atoms with Gasteiger partial charge in [-0.25, -0.2) is 4.98 Å². The fourth-order valence-electron chi connectivity index (χ4n) is 10.6. The van der Waals surface area contributed by atoms with Crippen molar-refractivity contribution in [2.45, 2.75) is 52.4 Å². The van der Waals surface area contributed by atoms with Crippen molar-refractivity contribution in [2.75, 3.05) is 4.90 Å². The van der Waals surface area contributed by atoms with Gasteiger partial charge in [0, 0.05) is 33.6 Å². The first-order valence-electron chi connectivity index (χ1n) is 21.5. The summed E-state index contributed by atoms with van der Waals surface area (Å²) in [4.78, 5) is 7.70. The minimum atomic E-state index is -0.256. The molecule has 8 aromatic carbocycles. The van der Waals surface area contributed by atoms with E-state index in [-0.39, 0.29) is 10.8 Å². The van der Waals surface area contributed by atoms with Gasteiger partial charge in [0.25, 0.3) is 0 Å². The Bertz CT molecular complexity index is 3430. The summed E-state index contributed by atoms with van der Waals surface area (Å²) in [7, 11) is 0. The predicted molar refractivity (Wildman–Crippen MR) is 254 cm³/mol. The van der Waals surface area contributed by atoms with Crippen LogP contribution in [0, 0.1) is 13.8 Å². The first-order valence-corrected chi connectivity index (χ1v) is 21.5. The molecule has 12 rings (SSSR count). The molecule has 0 aliphatic heterocycles. The van der Waals surface area contributed by atoms with Crippen LogP contribution in [0.25, 0.3) is 66.9 Å². The Morgan fingerprint density at radius 2 is 0.967 bits per heavy atom. The van der Waals surface area contributed by atoms with Crippen LogP contribution < -0.4 is 4.90 Å². The SMILES string of the molecule is Cc1ccc2nc3n(-c4ccc5c(c4)C(C)(C)c4cc(N(c6ccc(-c7ccccc7)cc6)c6ccc7c(c6)C(C)(C)c6ccccc6-7)ccc4-5)c4ccc(C)cc4n3c2c1. The molecular weight excluding hydrogens is 741 g/mol. The molecule has 2 aromatic heterocycles. The number of rotatable bonds is 5. The zero-order valence-corrected chi connectivity index (χ0v) is 35.5. The van der Waals surface area contributed by atoms with Gasteiger partial charge in [-0.2, -0.15) is 0 Å². The zero-order valence-electron chi connectivity index (χ0n) is 35.5. The Kier molecular flexibility index (Phi) is 7.43. The van der Waals surface area contributed by atoms with Gasteiger partial charge in [0.05, 0.1) is 22.1 Å². The molecule has 10 aromatic rings. The Labute approximate surface area is 357 Å². The van der Waals surface area contributed by atoms with Crippen molar-refractivity contribution in [1.82, 2.24) is 14.0 Å². The van der Waals surface area contributed by atoms with Crippen LogP contribution in [0.1, 0.15) is 61.1 Å². The van der Waals surface area contributed by atoms with Crippen molar-refractivity contribution in [3.63, 3.8) is 0 Å². The molecule has 0 radical (unpaired) electrons. The molecule has 2 heterocycles. The van der Waals surface area contributed by atoms with Gasteiger partial charge in [0.2, 0.25) is 5.78 Å². The third kappa shape index (κ3) is 5.15. The first-order chi connectivity index (χ1) is 29.6. The Morgan fingerprint density at radius 3 is 1.67 bits per heavy atom. The third-order valence-corrected chi connectivity index (χ3v) is 13.8. The molecule has 0 amide bonds. The maximum atomic E-state index is 5.24. The molecule has 0 N–H and O–H groups in total. The van der Waals surface area contributed by atoms with Gasteiger partial charge in [-0.3, -0.25) is 8.97 Å². The van der Waals surface area contributed by atoms with Gasteiger partial charge in [-0.15, -0.1) is 0 Å². The van der Waals surface area contributed by atoms with E-state index in [1.165, 1.54) is 72.3 Å². The fourth-order valence-corrected chi connectivity index (χ4v) is 10.6. The quantitative estimate of drug-likeness (QED) is 0.174. The first kappa shape index (κ1) is 35.7. The average Bonchev–Trinajstić information content (AvgIpc) is 3.94. The molecule has 0 atom stereocenters. The molecule has 2 aliphatic carbocycles. The number of fused-ring (bicyclic) bond motifs is 11. The lowest BCUT2D eigenvalue weighted by Gasteiger charge is -2.30. The van der Waals surface area contributed by atoms with E-state index < -0.39 is 0 Å². The lowest BCUT2D eigenvalue weighted by atomic mass is 9.82. The van der Waals surface area contributed by atoms with Crippen LogP contribution >= 0.6 is 0 Å². The van der Waals surface area contributed by atoms with E-state index in [1.54, 1.807) is 0 Å². The molecule has 4 nitrogen and oxygen atoms in total. The Hall–Kier alpha value is -7.17. The number of anilines is 3. The monoisotopic (exact) mass is 786 g/mol. The van der Waals surface area contributed by atoms with Crippen molar-refractivity contribution in [2.24, 2.45) is 0 Å². The van der Waals surface area contributed by atoms with Crippen LogP contribution in [-0.2, 0) is 10.8 Å². The second kappa shape index (κ2) is 12.7. The molecule has 2 aliphatic rings. The standard InChI is InChI=1S/C57H46N4/c1-35-16-28-51-53(30-35)61-54-31-36(2)17-29-52(54)60(55(61)58-51)42-24-27-46-45-26-23-41(33-49(45)57(5,6)50(46)34-42)59(39-20-18-38(19-21-39)37-12-8-7-9-13-37)40-22-25-44-43-14-10-11-15-47(43)56(3,4)48(44)32-40/h7-34H,1-6H3. The number of hydrogen-bond donors (Lipinski definition) is 0. The summed E-state index contributed by atoms with van der Waals surface area (Å²) in [6.07, 6.45) is 0. The van der Waals surface area contributed by atoms with Crippen molar-refractivity contribution >= 4 is 44.9 Å².